The fraction of sp³-hybridized carbons (Fsp3) is 0.368. The number of benzene rings is 1. The number of nitrogens with one attached hydrogen (secondary N) is 1. The number of hydrogen-bond donors (Lipinski definition) is 2. The molecule has 0 aliphatic heterocycles. The lowest BCUT2D eigenvalue weighted by Crippen LogP contribution is -2.28. The first kappa shape index (κ1) is 15.4. The van der Waals surface area contributed by atoms with Crippen molar-refractivity contribution in [3.63, 3.8) is 0 Å². The number of aryl methyl sites for hydroxylation is 1. The molecule has 24 heavy (non-hydrogen) atoms. The second-order valence-electron chi connectivity index (χ2n) is 6.68. The molecule has 2 aliphatic carbocycles. The highest BCUT2D eigenvalue weighted by Gasteiger charge is 2.51. The molecule has 0 spiro atoms. The molecule has 2 aromatic rings. The van der Waals surface area contributed by atoms with E-state index in [1.54, 1.807) is 0 Å². The molecule has 4 nitrogen and oxygen atoms in total. The Balaban J connectivity index is 1.65. The van der Waals surface area contributed by atoms with Crippen molar-refractivity contribution in [3.8, 4) is 0 Å². The Morgan fingerprint density at radius 3 is 2.46 bits per heavy atom. The second-order valence-corrected chi connectivity index (χ2v) is 7.79. The van der Waals surface area contributed by atoms with E-state index in [1.807, 2.05) is 30.3 Å². The van der Waals surface area contributed by atoms with Gasteiger partial charge in [0.2, 0.25) is 5.91 Å². The van der Waals surface area contributed by atoms with Crippen LogP contribution in [0.25, 0.3) is 0 Å². The minimum Gasteiger partial charge on any atom is -0.365 e. The molecule has 124 valence electrons. The maximum atomic E-state index is 12.9. The number of hydrogen-bond acceptors (Lipinski definition) is 3. The number of nitrogens with two attached hydrogens (primary N) is 1. The minimum atomic E-state index is -0.444. The monoisotopic (exact) mass is 340 g/mol. The SMILES string of the molecule is NC(=O)c1c(NC(=O)C2(c3ccccc3)CC2)sc2c1CCCC2. The Kier molecular flexibility index (Phi) is 3.68. The van der Waals surface area contributed by atoms with Crippen LogP contribution in [-0.4, -0.2) is 11.8 Å². The molecule has 0 bridgehead atoms. The Morgan fingerprint density at radius 1 is 1.08 bits per heavy atom. The number of carbonyl (C=O) groups excluding carboxylic acids is 2. The number of thiophene rings is 1. The van der Waals surface area contributed by atoms with Gasteiger partial charge in [0, 0.05) is 4.88 Å². The van der Waals surface area contributed by atoms with Gasteiger partial charge in [0.1, 0.15) is 5.00 Å². The number of carbonyl (C=O) groups is 2. The lowest BCUT2D eigenvalue weighted by Gasteiger charge is -2.15. The second kappa shape index (κ2) is 5.74. The predicted molar refractivity (Wildman–Crippen MR) is 95.5 cm³/mol. The van der Waals surface area contributed by atoms with E-state index < -0.39 is 11.3 Å². The van der Waals surface area contributed by atoms with Gasteiger partial charge in [-0.15, -0.1) is 11.3 Å². The molecule has 0 unspecified atom stereocenters. The zero-order valence-electron chi connectivity index (χ0n) is 13.4. The van der Waals surface area contributed by atoms with Crippen molar-refractivity contribution < 1.29 is 9.59 Å². The molecule has 2 amide bonds. The molecule has 0 saturated heterocycles. The first-order valence-electron chi connectivity index (χ1n) is 8.43. The number of primary amides is 1. The summed E-state index contributed by atoms with van der Waals surface area (Å²) in [4.78, 5) is 26.1. The van der Waals surface area contributed by atoms with Crippen molar-refractivity contribution in [2.24, 2.45) is 5.73 Å². The summed E-state index contributed by atoms with van der Waals surface area (Å²) in [5, 5.41) is 3.67. The summed E-state index contributed by atoms with van der Waals surface area (Å²) in [6.07, 6.45) is 5.75. The van der Waals surface area contributed by atoms with Crippen molar-refractivity contribution in [3.05, 3.63) is 51.9 Å². The van der Waals surface area contributed by atoms with Crippen molar-refractivity contribution >= 4 is 28.2 Å². The molecule has 1 saturated carbocycles. The maximum absolute atomic E-state index is 12.9. The first-order valence-corrected chi connectivity index (χ1v) is 9.25. The number of anilines is 1. The average molecular weight is 340 g/mol. The third-order valence-corrected chi connectivity index (χ3v) is 6.36. The van der Waals surface area contributed by atoms with Crippen LogP contribution in [0.4, 0.5) is 5.00 Å². The average Bonchev–Trinajstić information content (AvgIpc) is 3.32. The minimum absolute atomic E-state index is 0.0187. The van der Waals surface area contributed by atoms with Crippen LogP contribution in [0.2, 0.25) is 0 Å². The molecule has 1 fully saturated rings. The third kappa shape index (κ3) is 2.44. The normalized spacial score (nSPS) is 17.8. The van der Waals surface area contributed by atoms with E-state index in [1.165, 1.54) is 16.2 Å². The molecule has 1 heterocycles. The number of rotatable bonds is 4. The summed E-state index contributed by atoms with van der Waals surface area (Å²) in [5.74, 6) is -0.455. The maximum Gasteiger partial charge on any atom is 0.251 e. The molecule has 5 heteroatoms. The zero-order chi connectivity index (χ0) is 16.7. The van der Waals surface area contributed by atoms with Crippen LogP contribution in [-0.2, 0) is 23.1 Å². The first-order chi connectivity index (χ1) is 11.6. The van der Waals surface area contributed by atoms with Crippen LogP contribution in [0.5, 0.6) is 0 Å². The molecule has 3 N–H and O–H groups in total. The van der Waals surface area contributed by atoms with Gasteiger partial charge in [-0.1, -0.05) is 30.3 Å². The summed E-state index contributed by atoms with van der Waals surface area (Å²) in [5.41, 5.74) is 7.80. The molecular formula is C19H20N2O2S. The number of amides is 2. The van der Waals surface area contributed by atoms with Gasteiger partial charge in [0.15, 0.2) is 0 Å². The van der Waals surface area contributed by atoms with Crippen LogP contribution >= 0.6 is 11.3 Å². The van der Waals surface area contributed by atoms with Gasteiger partial charge in [-0.2, -0.15) is 0 Å². The molecule has 1 aromatic heterocycles. The third-order valence-electron chi connectivity index (χ3n) is 5.16. The topological polar surface area (TPSA) is 72.2 Å². The van der Waals surface area contributed by atoms with Gasteiger partial charge < -0.3 is 11.1 Å². The summed E-state index contributed by atoms with van der Waals surface area (Å²) >= 11 is 1.52. The van der Waals surface area contributed by atoms with Gasteiger partial charge in [-0.05, 0) is 49.7 Å². The number of fused-ring (bicyclic) bond motifs is 1. The van der Waals surface area contributed by atoms with Crippen molar-refractivity contribution in [2.45, 2.75) is 43.9 Å². The largest absolute Gasteiger partial charge is 0.365 e. The lowest BCUT2D eigenvalue weighted by molar-refractivity contribution is -0.118. The quantitative estimate of drug-likeness (QED) is 0.895. The van der Waals surface area contributed by atoms with Crippen LogP contribution in [0, 0.1) is 0 Å². The molecule has 4 rings (SSSR count). The summed E-state index contributed by atoms with van der Waals surface area (Å²) in [7, 11) is 0. The molecule has 0 atom stereocenters. The Bertz CT molecular complexity index is 806. The van der Waals surface area contributed by atoms with E-state index >= 15 is 0 Å². The fourth-order valence-electron chi connectivity index (χ4n) is 3.67. The Morgan fingerprint density at radius 2 is 1.79 bits per heavy atom. The summed E-state index contributed by atoms with van der Waals surface area (Å²) in [6.45, 7) is 0. The van der Waals surface area contributed by atoms with Crippen LogP contribution in [0.3, 0.4) is 0 Å². The van der Waals surface area contributed by atoms with Crippen molar-refractivity contribution in [1.29, 1.82) is 0 Å². The van der Waals surface area contributed by atoms with E-state index in [0.717, 1.165) is 49.7 Å². The Labute approximate surface area is 145 Å². The molecular weight excluding hydrogens is 320 g/mol. The van der Waals surface area contributed by atoms with Crippen LogP contribution in [0.1, 0.15) is 52.0 Å². The van der Waals surface area contributed by atoms with Crippen LogP contribution in [0.15, 0.2) is 30.3 Å². The van der Waals surface area contributed by atoms with E-state index in [9.17, 15) is 9.59 Å². The van der Waals surface area contributed by atoms with Crippen LogP contribution < -0.4 is 11.1 Å². The van der Waals surface area contributed by atoms with Gasteiger partial charge in [0.05, 0.1) is 11.0 Å². The smallest absolute Gasteiger partial charge is 0.251 e. The van der Waals surface area contributed by atoms with Gasteiger partial charge in [-0.25, -0.2) is 0 Å². The van der Waals surface area contributed by atoms with E-state index in [-0.39, 0.29) is 5.91 Å². The predicted octanol–water partition coefficient (Wildman–Crippen LogP) is 3.40. The Hall–Kier alpha value is -2.14. The molecule has 1 aromatic carbocycles. The van der Waals surface area contributed by atoms with Gasteiger partial charge in [-0.3, -0.25) is 9.59 Å². The summed E-state index contributed by atoms with van der Waals surface area (Å²) in [6, 6.07) is 9.88. The zero-order valence-corrected chi connectivity index (χ0v) is 14.2. The molecule has 2 aliphatic rings. The molecule has 0 radical (unpaired) electrons. The van der Waals surface area contributed by atoms with E-state index in [4.69, 9.17) is 5.73 Å². The van der Waals surface area contributed by atoms with E-state index in [2.05, 4.69) is 5.32 Å². The van der Waals surface area contributed by atoms with Crippen molar-refractivity contribution in [1.82, 2.24) is 0 Å². The highest BCUT2D eigenvalue weighted by atomic mass is 32.1. The van der Waals surface area contributed by atoms with Gasteiger partial charge >= 0.3 is 0 Å². The fourth-order valence-corrected chi connectivity index (χ4v) is 4.96. The van der Waals surface area contributed by atoms with Gasteiger partial charge in [0.25, 0.3) is 5.91 Å². The highest BCUT2D eigenvalue weighted by Crippen LogP contribution is 2.49. The summed E-state index contributed by atoms with van der Waals surface area (Å²) < 4.78 is 0. The highest BCUT2D eigenvalue weighted by molar-refractivity contribution is 7.17. The van der Waals surface area contributed by atoms with E-state index in [0.29, 0.717) is 10.6 Å². The van der Waals surface area contributed by atoms with Crippen molar-refractivity contribution in [2.75, 3.05) is 5.32 Å². The standard InChI is InChI=1S/C19H20N2O2S/c20-16(22)15-13-8-4-5-9-14(13)24-17(15)21-18(23)19(10-11-19)12-6-2-1-3-7-12/h1-3,6-7H,4-5,8-11H2,(H2,20,22)(H,21,23). The lowest BCUT2D eigenvalue weighted by atomic mass is 9.94.